The molecule has 5 nitrogen and oxygen atoms in total. The molecule has 0 saturated carbocycles. The van der Waals surface area contributed by atoms with Crippen molar-refractivity contribution < 1.29 is 9.53 Å². The normalized spacial score (nSPS) is 11.8. The van der Waals surface area contributed by atoms with Crippen LogP contribution in [0.2, 0.25) is 5.02 Å². The Morgan fingerprint density at radius 1 is 1.25 bits per heavy atom. The number of carbonyl (C=O) groups excluding carboxylic acids is 1. The third-order valence-corrected chi connectivity index (χ3v) is 4.79. The number of aromatic nitrogens is 2. The Morgan fingerprint density at radius 3 is 2.75 bits per heavy atom. The van der Waals surface area contributed by atoms with Gasteiger partial charge in [-0.05, 0) is 50.5 Å². The summed E-state index contributed by atoms with van der Waals surface area (Å²) in [5, 5.41) is 10.5. The van der Waals surface area contributed by atoms with Crippen molar-refractivity contribution in [1.82, 2.24) is 15.5 Å². The van der Waals surface area contributed by atoms with E-state index in [0.29, 0.717) is 28.6 Å². The van der Waals surface area contributed by atoms with Crippen molar-refractivity contribution in [3.05, 3.63) is 70.9 Å². The Bertz CT molecular complexity index is 925. The first-order valence-electron chi connectivity index (χ1n) is 9.39. The van der Waals surface area contributed by atoms with E-state index in [9.17, 15) is 4.79 Å². The van der Waals surface area contributed by atoms with E-state index in [1.807, 2.05) is 38.1 Å². The van der Waals surface area contributed by atoms with E-state index in [4.69, 9.17) is 16.3 Å². The van der Waals surface area contributed by atoms with Gasteiger partial charge in [-0.1, -0.05) is 41.9 Å². The first kappa shape index (κ1) is 20.0. The number of aryl methyl sites for hydroxylation is 1. The van der Waals surface area contributed by atoms with Crippen LogP contribution in [-0.4, -0.2) is 28.8 Å². The van der Waals surface area contributed by atoms with E-state index < -0.39 is 0 Å². The molecule has 0 radical (unpaired) electrons. The van der Waals surface area contributed by atoms with Crippen LogP contribution in [0.15, 0.2) is 54.7 Å². The second kappa shape index (κ2) is 9.42. The summed E-state index contributed by atoms with van der Waals surface area (Å²) in [5.41, 5.74) is 3.18. The van der Waals surface area contributed by atoms with E-state index in [1.165, 1.54) is 5.56 Å². The summed E-state index contributed by atoms with van der Waals surface area (Å²) in [6, 6.07) is 15.7. The predicted octanol–water partition coefficient (Wildman–Crippen LogP) is 4.88. The third-order valence-electron chi connectivity index (χ3n) is 4.49. The molecule has 0 fully saturated rings. The number of hydrogen-bond acceptors (Lipinski definition) is 3. The van der Waals surface area contributed by atoms with E-state index >= 15 is 0 Å². The van der Waals surface area contributed by atoms with Crippen molar-refractivity contribution in [3.8, 4) is 17.0 Å². The largest absolute Gasteiger partial charge is 0.492 e. The number of nitrogens with zero attached hydrogens (tertiary/aromatic N) is 1. The van der Waals surface area contributed by atoms with Gasteiger partial charge in [0.05, 0.1) is 29.1 Å². The molecule has 0 aliphatic carbocycles. The maximum Gasteiger partial charge on any atom is 0.255 e. The zero-order valence-electron chi connectivity index (χ0n) is 16.0. The summed E-state index contributed by atoms with van der Waals surface area (Å²) in [7, 11) is 0. The molecule has 0 bridgehead atoms. The molecule has 28 heavy (non-hydrogen) atoms. The number of H-pyrrole nitrogens is 1. The first-order valence-corrected chi connectivity index (χ1v) is 9.77. The summed E-state index contributed by atoms with van der Waals surface area (Å²) in [5.74, 6) is 0.460. The molecule has 146 valence electrons. The van der Waals surface area contributed by atoms with Gasteiger partial charge in [-0.2, -0.15) is 5.10 Å². The van der Waals surface area contributed by atoms with Crippen molar-refractivity contribution in [2.45, 2.75) is 32.7 Å². The van der Waals surface area contributed by atoms with Crippen molar-refractivity contribution in [2.75, 3.05) is 6.61 Å². The molecule has 1 aromatic heterocycles. The highest BCUT2D eigenvalue weighted by Crippen LogP contribution is 2.31. The minimum absolute atomic E-state index is 0.0411. The van der Waals surface area contributed by atoms with E-state index in [-0.39, 0.29) is 11.9 Å². The molecular formula is C22H24ClN3O2. The summed E-state index contributed by atoms with van der Waals surface area (Å²) >= 11 is 6.28. The molecule has 1 heterocycles. The molecule has 0 saturated heterocycles. The van der Waals surface area contributed by atoms with Gasteiger partial charge in [0.25, 0.3) is 5.91 Å². The molecule has 1 atom stereocenters. The van der Waals surface area contributed by atoms with Crippen LogP contribution < -0.4 is 10.1 Å². The number of amides is 1. The van der Waals surface area contributed by atoms with Crippen molar-refractivity contribution in [1.29, 1.82) is 0 Å². The number of nitrogens with one attached hydrogen (secondary N) is 2. The average Bonchev–Trinajstić information content (AvgIpc) is 3.19. The van der Waals surface area contributed by atoms with E-state index in [1.54, 1.807) is 18.3 Å². The molecule has 3 aromatic rings. The summed E-state index contributed by atoms with van der Waals surface area (Å²) < 4.78 is 5.47. The Labute approximate surface area is 170 Å². The molecule has 1 amide bonds. The highest BCUT2D eigenvalue weighted by atomic mass is 35.5. The summed E-state index contributed by atoms with van der Waals surface area (Å²) in [6.45, 7) is 4.45. The van der Waals surface area contributed by atoms with Gasteiger partial charge >= 0.3 is 0 Å². The first-order chi connectivity index (χ1) is 13.6. The second-order valence-corrected chi connectivity index (χ2v) is 7.04. The van der Waals surface area contributed by atoms with Crippen LogP contribution in [0, 0.1) is 0 Å². The van der Waals surface area contributed by atoms with Crippen LogP contribution in [-0.2, 0) is 6.42 Å². The predicted molar refractivity (Wildman–Crippen MR) is 112 cm³/mol. The third kappa shape index (κ3) is 4.93. The molecule has 0 aliphatic rings. The second-order valence-electron chi connectivity index (χ2n) is 6.64. The monoisotopic (exact) mass is 397 g/mol. The van der Waals surface area contributed by atoms with Gasteiger partial charge in [0.2, 0.25) is 0 Å². The summed E-state index contributed by atoms with van der Waals surface area (Å²) in [6.07, 6.45) is 3.31. The Balaban J connectivity index is 1.67. The van der Waals surface area contributed by atoms with Gasteiger partial charge < -0.3 is 10.1 Å². The number of halogens is 1. The number of hydrogen-bond donors (Lipinski definition) is 2. The van der Waals surface area contributed by atoms with Gasteiger partial charge in [-0.25, -0.2) is 0 Å². The van der Waals surface area contributed by atoms with Gasteiger partial charge in [-0.3, -0.25) is 9.89 Å². The molecule has 0 unspecified atom stereocenters. The fourth-order valence-corrected chi connectivity index (χ4v) is 3.24. The lowest BCUT2D eigenvalue weighted by Crippen LogP contribution is -2.33. The van der Waals surface area contributed by atoms with Gasteiger partial charge in [0.15, 0.2) is 0 Å². The number of benzene rings is 2. The van der Waals surface area contributed by atoms with Crippen LogP contribution in [0.25, 0.3) is 11.3 Å². The molecule has 3 rings (SSSR count). The van der Waals surface area contributed by atoms with Gasteiger partial charge in [0.1, 0.15) is 5.75 Å². The zero-order valence-corrected chi connectivity index (χ0v) is 16.8. The number of rotatable bonds is 8. The lowest BCUT2D eigenvalue weighted by Gasteiger charge is -2.14. The molecule has 6 heteroatoms. The number of aromatic amines is 1. The molecule has 0 aliphatic heterocycles. The standard InChI is InChI=1S/C22H24ClN3O2/c1-3-28-20-12-11-17(13-19(20)23)21-18(14-24-26-21)22(27)25-15(2)9-10-16-7-5-4-6-8-16/h4-8,11-15H,3,9-10H2,1-2H3,(H,24,26)(H,25,27)/t15-/m0/s1. The van der Waals surface area contributed by atoms with Crippen molar-refractivity contribution in [2.24, 2.45) is 0 Å². The Kier molecular flexibility index (Phi) is 6.71. The van der Waals surface area contributed by atoms with Crippen LogP contribution in [0.1, 0.15) is 36.2 Å². The van der Waals surface area contributed by atoms with E-state index in [0.717, 1.165) is 18.4 Å². The SMILES string of the molecule is CCOc1ccc(-c2[nH]ncc2C(=O)N[C@@H](C)CCc2ccccc2)cc1Cl. The quantitative estimate of drug-likeness (QED) is 0.569. The van der Waals surface area contributed by atoms with Gasteiger partial charge in [0, 0.05) is 11.6 Å². The smallest absolute Gasteiger partial charge is 0.255 e. The fourth-order valence-electron chi connectivity index (χ4n) is 3.01. The zero-order chi connectivity index (χ0) is 19.9. The number of carbonyl (C=O) groups is 1. The highest BCUT2D eigenvalue weighted by Gasteiger charge is 2.18. The fraction of sp³-hybridized carbons (Fsp3) is 0.273. The van der Waals surface area contributed by atoms with Crippen LogP contribution in [0.5, 0.6) is 5.75 Å². The van der Waals surface area contributed by atoms with Gasteiger partial charge in [-0.15, -0.1) is 0 Å². The minimum atomic E-state index is -0.158. The molecule has 2 N–H and O–H groups in total. The maximum atomic E-state index is 12.7. The lowest BCUT2D eigenvalue weighted by molar-refractivity contribution is 0.0939. The highest BCUT2D eigenvalue weighted by molar-refractivity contribution is 6.32. The lowest BCUT2D eigenvalue weighted by atomic mass is 10.0. The average molecular weight is 398 g/mol. The molecular weight excluding hydrogens is 374 g/mol. The molecule has 2 aromatic carbocycles. The van der Waals surface area contributed by atoms with Crippen LogP contribution in [0.3, 0.4) is 0 Å². The Hall–Kier alpha value is -2.79. The van der Waals surface area contributed by atoms with Crippen molar-refractivity contribution >= 4 is 17.5 Å². The van der Waals surface area contributed by atoms with Crippen molar-refractivity contribution in [3.63, 3.8) is 0 Å². The van der Waals surface area contributed by atoms with Crippen LogP contribution >= 0.6 is 11.6 Å². The van der Waals surface area contributed by atoms with E-state index in [2.05, 4.69) is 27.6 Å². The number of ether oxygens (including phenoxy) is 1. The maximum absolute atomic E-state index is 12.7. The minimum Gasteiger partial charge on any atom is -0.492 e. The van der Waals surface area contributed by atoms with Crippen LogP contribution in [0.4, 0.5) is 0 Å². The summed E-state index contributed by atoms with van der Waals surface area (Å²) in [4.78, 5) is 12.7. The Morgan fingerprint density at radius 2 is 2.04 bits per heavy atom. The topological polar surface area (TPSA) is 67.0 Å². The molecule has 0 spiro atoms.